The largest absolute Gasteiger partial charge is 0.492 e. The molecule has 0 unspecified atom stereocenters. The van der Waals surface area contributed by atoms with Gasteiger partial charge in [0.1, 0.15) is 5.70 Å². The van der Waals surface area contributed by atoms with E-state index < -0.39 is 5.91 Å². The fourth-order valence-corrected chi connectivity index (χ4v) is 3.93. The number of nitrogens with one attached hydrogen (secondary N) is 3. The summed E-state index contributed by atoms with van der Waals surface area (Å²) in [6, 6.07) is 9.10. The highest BCUT2D eigenvalue weighted by molar-refractivity contribution is 7.99. The van der Waals surface area contributed by atoms with Crippen molar-refractivity contribution in [3.8, 4) is 5.75 Å². The van der Waals surface area contributed by atoms with Crippen molar-refractivity contribution in [1.29, 1.82) is 0 Å². The first-order valence-corrected chi connectivity index (χ1v) is 13.4. The summed E-state index contributed by atoms with van der Waals surface area (Å²) >= 11 is 1.44. The molecule has 7 N–H and O–H groups in total. The predicted octanol–water partition coefficient (Wildman–Crippen LogP) is 3.40. The smallest absolute Gasteiger partial charge is 0.268 e. The lowest BCUT2D eigenvalue weighted by Crippen LogP contribution is -2.36. The first-order valence-electron chi connectivity index (χ1n) is 12.2. The monoisotopic (exact) mass is 543 g/mol. The molecule has 0 spiro atoms. The van der Waals surface area contributed by atoms with Crippen LogP contribution < -0.4 is 36.7 Å². The maximum atomic E-state index is 13.3. The normalized spacial score (nSPS) is 11.8. The highest BCUT2D eigenvalue weighted by Gasteiger charge is 2.21. The van der Waals surface area contributed by atoms with E-state index in [1.165, 1.54) is 23.2 Å². The van der Waals surface area contributed by atoms with Crippen LogP contribution in [0.5, 0.6) is 5.75 Å². The third-order valence-corrected chi connectivity index (χ3v) is 6.18. The molecular formula is C27H41N7O3S. The summed E-state index contributed by atoms with van der Waals surface area (Å²) in [6.45, 7) is 9.30. The molecule has 208 valence electrons. The van der Waals surface area contributed by atoms with Crippen LogP contribution in [0.4, 0.5) is 17.1 Å². The SMILES string of the molecule is COc1c(NSC)cc(C(C)(C)C)cc1NC(=O)c1ccc(C)c(N(N)/C=C(\N)C(=O)NCCN(C)C)c1. The van der Waals surface area contributed by atoms with Crippen molar-refractivity contribution in [2.24, 2.45) is 11.6 Å². The Morgan fingerprint density at radius 2 is 1.79 bits per heavy atom. The second-order valence-electron chi connectivity index (χ2n) is 10.2. The number of hydrogen-bond donors (Lipinski definition) is 5. The number of methoxy groups -OCH3 is 1. The maximum Gasteiger partial charge on any atom is 0.268 e. The number of nitrogens with two attached hydrogens (primary N) is 2. The molecule has 0 aliphatic rings. The van der Waals surface area contributed by atoms with Crippen LogP contribution in [0.3, 0.4) is 0 Å². The van der Waals surface area contributed by atoms with Crippen LogP contribution in [0.15, 0.2) is 42.2 Å². The van der Waals surface area contributed by atoms with Gasteiger partial charge in [-0.05, 0) is 61.8 Å². The number of hydrazine groups is 1. The standard InChI is InChI=1S/C27H41N7O3S/c1-17-9-10-18(13-23(17)34(29)16-20(28)26(36)30-11-12-33(5)6)25(35)31-21-14-19(27(2,3)4)15-22(32-38-8)24(21)37-7/h9-10,13-16,32H,11-12,28-29H2,1-8H3,(H,30,36)(H,31,35)/b20-16-. The second-order valence-corrected chi connectivity index (χ2v) is 10.8. The van der Waals surface area contributed by atoms with Crippen molar-refractivity contribution < 1.29 is 14.3 Å². The summed E-state index contributed by atoms with van der Waals surface area (Å²) in [5, 5.41) is 6.97. The molecule has 0 bridgehead atoms. The van der Waals surface area contributed by atoms with E-state index in [1.807, 2.05) is 44.3 Å². The molecule has 2 aromatic carbocycles. The number of carbonyl (C=O) groups excluding carboxylic acids is 2. The van der Waals surface area contributed by atoms with E-state index >= 15 is 0 Å². The molecule has 2 rings (SSSR count). The summed E-state index contributed by atoms with van der Waals surface area (Å²) in [5.74, 6) is 6.00. The van der Waals surface area contributed by atoms with Gasteiger partial charge in [-0.15, -0.1) is 0 Å². The van der Waals surface area contributed by atoms with Gasteiger partial charge in [-0.3, -0.25) is 14.6 Å². The zero-order valence-electron chi connectivity index (χ0n) is 23.6. The Bertz CT molecular complexity index is 1180. The van der Waals surface area contributed by atoms with Gasteiger partial charge in [-0.2, -0.15) is 0 Å². The van der Waals surface area contributed by atoms with Crippen LogP contribution in [0, 0.1) is 6.92 Å². The molecule has 2 amide bonds. The Balaban J connectivity index is 2.34. The van der Waals surface area contributed by atoms with E-state index in [0.29, 0.717) is 35.8 Å². The number of benzene rings is 2. The van der Waals surface area contributed by atoms with E-state index in [0.717, 1.165) is 16.8 Å². The van der Waals surface area contributed by atoms with E-state index in [1.54, 1.807) is 25.3 Å². The van der Waals surface area contributed by atoms with Gasteiger partial charge in [-0.25, -0.2) is 5.84 Å². The number of anilines is 3. The van der Waals surface area contributed by atoms with Crippen LogP contribution >= 0.6 is 11.9 Å². The Morgan fingerprint density at radius 1 is 1.13 bits per heavy atom. The lowest BCUT2D eigenvalue weighted by Gasteiger charge is -2.24. The fourth-order valence-electron chi connectivity index (χ4n) is 3.56. The van der Waals surface area contributed by atoms with Gasteiger partial charge in [0.15, 0.2) is 5.75 Å². The van der Waals surface area contributed by atoms with Crippen molar-refractivity contribution in [2.75, 3.05) is 55.6 Å². The summed E-state index contributed by atoms with van der Waals surface area (Å²) in [4.78, 5) is 27.6. The van der Waals surface area contributed by atoms with Crippen molar-refractivity contribution in [3.05, 3.63) is 58.9 Å². The highest BCUT2D eigenvalue weighted by Crippen LogP contribution is 2.39. The molecule has 0 radical (unpaired) electrons. The topological polar surface area (TPSA) is 138 Å². The van der Waals surface area contributed by atoms with Crippen LogP contribution in [-0.2, 0) is 10.2 Å². The first-order chi connectivity index (χ1) is 17.8. The molecule has 0 aromatic heterocycles. The molecule has 0 atom stereocenters. The van der Waals surface area contributed by atoms with Crippen LogP contribution in [0.2, 0.25) is 0 Å². The van der Waals surface area contributed by atoms with Crippen molar-refractivity contribution >= 4 is 40.8 Å². The summed E-state index contributed by atoms with van der Waals surface area (Å²) in [5.41, 5.74) is 9.83. The first kappa shape index (κ1) is 30.8. The van der Waals surface area contributed by atoms with E-state index in [9.17, 15) is 9.59 Å². The number of rotatable bonds is 11. The maximum absolute atomic E-state index is 13.3. The van der Waals surface area contributed by atoms with Crippen LogP contribution in [0.1, 0.15) is 42.3 Å². The van der Waals surface area contributed by atoms with Gasteiger partial charge in [0, 0.05) is 31.1 Å². The number of likely N-dealkylation sites (N-methyl/N-ethyl adjacent to an activating group) is 1. The minimum Gasteiger partial charge on any atom is -0.492 e. The molecule has 38 heavy (non-hydrogen) atoms. The van der Waals surface area contributed by atoms with Crippen molar-refractivity contribution in [2.45, 2.75) is 33.1 Å². The summed E-state index contributed by atoms with van der Waals surface area (Å²) in [6.07, 6.45) is 3.26. The van der Waals surface area contributed by atoms with E-state index in [2.05, 4.69) is 36.1 Å². The molecule has 0 saturated carbocycles. The van der Waals surface area contributed by atoms with Crippen LogP contribution in [-0.4, -0.2) is 57.3 Å². The molecule has 0 saturated heterocycles. The Labute approximate surface area is 230 Å². The molecule has 0 aliphatic heterocycles. The van der Waals surface area contributed by atoms with Gasteiger partial charge in [0.25, 0.3) is 11.8 Å². The molecule has 0 fully saturated rings. The van der Waals surface area contributed by atoms with Gasteiger partial charge < -0.3 is 30.7 Å². The Kier molecular flexibility index (Phi) is 10.9. The minimum atomic E-state index is -0.422. The minimum absolute atomic E-state index is 0.0435. The zero-order chi connectivity index (χ0) is 28.6. The number of carbonyl (C=O) groups is 2. The zero-order valence-corrected chi connectivity index (χ0v) is 24.4. The average Bonchev–Trinajstić information content (AvgIpc) is 2.83. The molecule has 11 heteroatoms. The predicted molar refractivity (Wildman–Crippen MR) is 158 cm³/mol. The van der Waals surface area contributed by atoms with Crippen LogP contribution in [0.25, 0.3) is 0 Å². The quantitative estimate of drug-likeness (QED) is 0.125. The number of hydrogen-bond acceptors (Lipinski definition) is 9. The van der Waals surface area contributed by atoms with Crippen molar-refractivity contribution in [3.63, 3.8) is 0 Å². The third kappa shape index (κ3) is 8.30. The number of aryl methyl sites for hydroxylation is 1. The number of ether oxygens (including phenoxy) is 1. The molecule has 0 aliphatic carbocycles. The highest BCUT2D eigenvalue weighted by atomic mass is 32.2. The molecule has 2 aromatic rings. The average molecular weight is 544 g/mol. The van der Waals surface area contributed by atoms with Gasteiger partial charge in [-0.1, -0.05) is 38.8 Å². The number of nitrogens with zero attached hydrogens (tertiary/aromatic N) is 2. The van der Waals surface area contributed by atoms with E-state index in [4.69, 9.17) is 16.3 Å². The lowest BCUT2D eigenvalue weighted by molar-refractivity contribution is -0.117. The Morgan fingerprint density at radius 3 is 2.37 bits per heavy atom. The summed E-state index contributed by atoms with van der Waals surface area (Å²) < 4.78 is 8.87. The fraction of sp³-hybridized carbons (Fsp3) is 0.407. The number of amides is 2. The van der Waals surface area contributed by atoms with Gasteiger partial charge in [0.2, 0.25) is 0 Å². The Hall–Kier alpha value is -3.41. The summed E-state index contributed by atoms with van der Waals surface area (Å²) in [7, 11) is 5.39. The van der Waals surface area contributed by atoms with Gasteiger partial charge >= 0.3 is 0 Å². The van der Waals surface area contributed by atoms with E-state index in [-0.39, 0.29) is 17.0 Å². The molecular weight excluding hydrogens is 502 g/mol. The lowest BCUT2D eigenvalue weighted by atomic mass is 9.86. The molecule has 0 heterocycles. The third-order valence-electron chi connectivity index (χ3n) is 5.75. The van der Waals surface area contributed by atoms with Crippen molar-refractivity contribution in [1.82, 2.24) is 10.2 Å². The second kappa shape index (κ2) is 13.4. The molecule has 10 nitrogen and oxygen atoms in total. The van der Waals surface area contributed by atoms with Gasteiger partial charge in [0.05, 0.1) is 24.2 Å².